The molecule has 1 aromatic heterocycles. The molecule has 0 spiro atoms. The van der Waals surface area contributed by atoms with Gasteiger partial charge in [0.1, 0.15) is 5.76 Å². The molecule has 2 heterocycles. The van der Waals surface area contributed by atoms with Crippen LogP contribution in [0.4, 0.5) is 0 Å². The first kappa shape index (κ1) is 18.0. The monoisotopic (exact) mass is 359 g/mol. The summed E-state index contributed by atoms with van der Waals surface area (Å²) < 4.78 is 4.96. The Morgan fingerprint density at radius 2 is 2.32 bits per heavy atom. The predicted octanol–water partition coefficient (Wildman–Crippen LogP) is 3.35. The van der Waals surface area contributed by atoms with Crippen LogP contribution in [0.1, 0.15) is 34.7 Å². The maximum Gasteiger partial charge on any atom is 0.273 e. The number of carbonyl (C=O) groups is 1. The highest BCUT2D eigenvalue weighted by Gasteiger charge is 2.21. The van der Waals surface area contributed by atoms with E-state index in [9.17, 15) is 4.79 Å². The zero-order chi connectivity index (χ0) is 17.6. The molecule has 1 unspecified atom stereocenters. The van der Waals surface area contributed by atoms with E-state index in [4.69, 9.17) is 4.52 Å². The van der Waals surface area contributed by atoms with Crippen LogP contribution in [0, 0.1) is 12.8 Å². The average Bonchev–Trinajstić information content (AvgIpc) is 3.07. The number of hydrogen-bond donors (Lipinski definition) is 1. The standard InChI is InChI=1S/C19H25N3O2S/c1-14-9-18(21-24-14)19(23)20-11-16-6-4-8-22(13-16)12-15-5-3-7-17(10-15)25-2/h3,5,7,9-10,16H,4,6,8,11-13H2,1-2H3,(H,20,23). The van der Waals surface area contributed by atoms with Gasteiger partial charge in [-0.15, -0.1) is 11.8 Å². The number of aromatic nitrogens is 1. The maximum absolute atomic E-state index is 12.1. The van der Waals surface area contributed by atoms with Gasteiger partial charge in [-0.25, -0.2) is 0 Å². The fourth-order valence-corrected chi connectivity index (χ4v) is 3.78. The van der Waals surface area contributed by atoms with E-state index in [1.54, 1.807) is 24.8 Å². The summed E-state index contributed by atoms with van der Waals surface area (Å²) in [5.74, 6) is 0.984. The molecule has 134 valence electrons. The molecule has 0 bridgehead atoms. The second kappa shape index (κ2) is 8.54. The second-order valence-electron chi connectivity index (χ2n) is 6.63. The molecule has 1 saturated heterocycles. The highest BCUT2D eigenvalue weighted by atomic mass is 32.2. The quantitative estimate of drug-likeness (QED) is 0.802. The third kappa shape index (κ3) is 5.09. The number of amides is 1. The van der Waals surface area contributed by atoms with E-state index in [1.807, 2.05) is 0 Å². The van der Waals surface area contributed by atoms with Gasteiger partial charge in [-0.1, -0.05) is 17.3 Å². The van der Waals surface area contributed by atoms with Crippen molar-refractivity contribution in [1.82, 2.24) is 15.4 Å². The lowest BCUT2D eigenvalue weighted by Gasteiger charge is -2.32. The molecular weight excluding hydrogens is 334 g/mol. The van der Waals surface area contributed by atoms with Crippen LogP contribution in [-0.4, -0.2) is 41.9 Å². The summed E-state index contributed by atoms with van der Waals surface area (Å²) in [5.41, 5.74) is 1.72. The van der Waals surface area contributed by atoms with Gasteiger partial charge >= 0.3 is 0 Å². The van der Waals surface area contributed by atoms with Crippen LogP contribution in [0.5, 0.6) is 0 Å². The van der Waals surface area contributed by atoms with Crippen LogP contribution in [-0.2, 0) is 6.54 Å². The minimum atomic E-state index is -0.151. The van der Waals surface area contributed by atoms with Crippen molar-refractivity contribution < 1.29 is 9.32 Å². The largest absolute Gasteiger partial charge is 0.361 e. The lowest BCUT2D eigenvalue weighted by molar-refractivity contribution is 0.0921. The highest BCUT2D eigenvalue weighted by Crippen LogP contribution is 2.21. The van der Waals surface area contributed by atoms with Gasteiger partial charge in [0.15, 0.2) is 5.69 Å². The number of piperidine rings is 1. The number of rotatable bonds is 6. The van der Waals surface area contributed by atoms with Crippen molar-refractivity contribution in [3.05, 3.63) is 47.3 Å². The minimum absolute atomic E-state index is 0.151. The lowest BCUT2D eigenvalue weighted by Crippen LogP contribution is -2.40. The first-order valence-electron chi connectivity index (χ1n) is 8.71. The van der Waals surface area contributed by atoms with E-state index < -0.39 is 0 Å². The van der Waals surface area contributed by atoms with Crippen molar-refractivity contribution in [2.45, 2.75) is 31.2 Å². The van der Waals surface area contributed by atoms with Crippen molar-refractivity contribution >= 4 is 17.7 Å². The van der Waals surface area contributed by atoms with Gasteiger partial charge in [-0.3, -0.25) is 9.69 Å². The lowest BCUT2D eigenvalue weighted by atomic mass is 9.97. The van der Waals surface area contributed by atoms with Gasteiger partial charge < -0.3 is 9.84 Å². The molecule has 5 nitrogen and oxygen atoms in total. The summed E-state index contributed by atoms with van der Waals surface area (Å²) in [6, 6.07) is 10.4. The van der Waals surface area contributed by atoms with E-state index in [-0.39, 0.29) is 5.91 Å². The number of thioether (sulfide) groups is 1. The Bertz CT molecular complexity index is 716. The van der Waals surface area contributed by atoms with Crippen molar-refractivity contribution in [2.24, 2.45) is 5.92 Å². The number of carbonyl (C=O) groups excluding carboxylic acids is 1. The van der Waals surface area contributed by atoms with Crippen molar-refractivity contribution in [3.63, 3.8) is 0 Å². The smallest absolute Gasteiger partial charge is 0.273 e. The van der Waals surface area contributed by atoms with Crippen molar-refractivity contribution in [3.8, 4) is 0 Å². The molecule has 0 radical (unpaired) electrons. The van der Waals surface area contributed by atoms with Crippen LogP contribution in [0.3, 0.4) is 0 Å². The van der Waals surface area contributed by atoms with Gasteiger partial charge in [-0.05, 0) is 56.2 Å². The Kier molecular flexibility index (Phi) is 6.15. The third-order valence-corrected chi connectivity index (χ3v) is 5.28. The molecule has 1 aliphatic heterocycles. The van der Waals surface area contributed by atoms with Gasteiger partial charge in [0.2, 0.25) is 0 Å². The average molecular weight is 359 g/mol. The van der Waals surface area contributed by atoms with Crippen LogP contribution in [0.25, 0.3) is 0 Å². The molecular formula is C19H25N3O2S. The van der Waals surface area contributed by atoms with Crippen molar-refractivity contribution in [2.75, 3.05) is 25.9 Å². The fraction of sp³-hybridized carbons (Fsp3) is 0.474. The maximum atomic E-state index is 12.1. The molecule has 3 rings (SSSR count). The van der Waals surface area contributed by atoms with E-state index in [0.29, 0.717) is 23.9 Å². The number of likely N-dealkylation sites (tertiary alicyclic amines) is 1. The SMILES string of the molecule is CSc1cccc(CN2CCCC(CNC(=O)c3cc(C)on3)C2)c1. The zero-order valence-corrected chi connectivity index (χ0v) is 15.6. The second-order valence-corrected chi connectivity index (χ2v) is 7.51. The first-order chi connectivity index (χ1) is 12.1. The van der Waals surface area contributed by atoms with Crippen molar-refractivity contribution in [1.29, 1.82) is 0 Å². The van der Waals surface area contributed by atoms with E-state index in [1.165, 1.54) is 16.9 Å². The van der Waals surface area contributed by atoms with Crippen LogP contribution < -0.4 is 5.32 Å². The molecule has 6 heteroatoms. The Labute approximate surface area is 153 Å². The number of aryl methyl sites for hydroxylation is 1. The van der Waals surface area contributed by atoms with Gasteiger partial charge in [0, 0.05) is 30.6 Å². The third-order valence-electron chi connectivity index (χ3n) is 4.56. The topological polar surface area (TPSA) is 58.4 Å². The zero-order valence-electron chi connectivity index (χ0n) is 14.8. The number of benzene rings is 1. The number of nitrogens with one attached hydrogen (secondary N) is 1. The predicted molar refractivity (Wildman–Crippen MR) is 99.8 cm³/mol. The molecule has 1 N–H and O–H groups in total. The first-order valence-corrected chi connectivity index (χ1v) is 9.93. The van der Waals surface area contributed by atoms with Gasteiger partial charge in [0.05, 0.1) is 0 Å². The molecule has 1 amide bonds. The van der Waals surface area contributed by atoms with Gasteiger partial charge in [0.25, 0.3) is 5.91 Å². The molecule has 1 atom stereocenters. The minimum Gasteiger partial charge on any atom is -0.361 e. The summed E-state index contributed by atoms with van der Waals surface area (Å²) in [7, 11) is 0. The Balaban J connectivity index is 1.50. The Morgan fingerprint density at radius 1 is 1.44 bits per heavy atom. The highest BCUT2D eigenvalue weighted by molar-refractivity contribution is 7.98. The van der Waals surface area contributed by atoms with E-state index >= 15 is 0 Å². The Morgan fingerprint density at radius 3 is 3.08 bits per heavy atom. The number of hydrogen-bond acceptors (Lipinski definition) is 5. The molecule has 1 fully saturated rings. The van der Waals surface area contributed by atoms with Crippen LogP contribution in [0.15, 0.2) is 39.8 Å². The van der Waals surface area contributed by atoms with E-state index in [0.717, 1.165) is 26.1 Å². The number of nitrogens with zero attached hydrogens (tertiary/aromatic N) is 2. The summed E-state index contributed by atoms with van der Waals surface area (Å²) in [6.07, 6.45) is 4.43. The molecule has 0 saturated carbocycles. The summed E-state index contributed by atoms with van der Waals surface area (Å²) in [5, 5.41) is 6.76. The summed E-state index contributed by atoms with van der Waals surface area (Å²) in [4.78, 5) is 15.9. The fourth-order valence-electron chi connectivity index (χ4n) is 3.29. The van der Waals surface area contributed by atoms with E-state index in [2.05, 4.69) is 45.9 Å². The van der Waals surface area contributed by atoms with Crippen LogP contribution >= 0.6 is 11.8 Å². The van der Waals surface area contributed by atoms with Gasteiger partial charge in [-0.2, -0.15) is 0 Å². The summed E-state index contributed by atoms with van der Waals surface area (Å²) in [6.45, 7) is 5.58. The van der Waals surface area contributed by atoms with Crippen LogP contribution in [0.2, 0.25) is 0 Å². The molecule has 2 aromatic rings. The molecule has 25 heavy (non-hydrogen) atoms. The summed E-state index contributed by atoms with van der Waals surface area (Å²) >= 11 is 1.78. The molecule has 1 aromatic carbocycles. The molecule has 0 aliphatic carbocycles. The normalized spacial score (nSPS) is 18.2. The molecule has 1 aliphatic rings. The Hall–Kier alpha value is -1.79.